The second kappa shape index (κ2) is 34.6. The lowest BCUT2D eigenvalue weighted by Gasteiger charge is -2.65. The Kier molecular flexibility index (Phi) is 27.9. The van der Waals surface area contributed by atoms with Gasteiger partial charge in [0, 0.05) is 36.5 Å². The number of ketones is 1. The monoisotopic (exact) mass is 1560 g/mol. The van der Waals surface area contributed by atoms with Gasteiger partial charge in [-0.25, -0.2) is 0 Å². The van der Waals surface area contributed by atoms with Gasteiger partial charge < -0.3 is 179 Å². The third kappa shape index (κ3) is 16.8. The summed E-state index contributed by atoms with van der Waals surface area (Å²) in [5.74, 6) is -0.516. The van der Waals surface area contributed by atoms with Crippen molar-refractivity contribution in [2.45, 2.75) is 334 Å². The Balaban J connectivity index is 0.745. The minimum Gasteiger partial charge on any atom is -0.394 e. The first kappa shape index (κ1) is 86.8. The zero-order valence-corrected chi connectivity index (χ0v) is 61.7. The number of hydrogen-bond donors (Lipinski definition) is 22. The van der Waals surface area contributed by atoms with Gasteiger partial charge in [-0.2, -0.15) is 0 Å². The second-order valence-corrected chi connectivity index (χ2v) is 33.4. The summed E-state index contributed by atoms with van der Waals surface area (Å²) in [6.07, 6.45) is -49.5. The van der Waals surface area contributed by atoms with E-state index in [1.807, 2.05) is 6.92 Å². The van der Waals surface area contributed by atoms with Gasteiger partial charge in [0.05, 0.1) is 82.4 Å². The fourth-order valence-corrected chi connectivity index (χ4v) is 19.3. The van der Waals surface area contributed by atoms with Crippen molar-refractivity contribution in [2.24, 2.45) is 45.3 Å². The Morgan fingerprint density at radius 1 is 0.509 bits per heavy atom. The fraction of sp³-hybridized carbons (Fsp3) is 0.958. The Hall–Kier alpha value is -2.03. The number of hydrogen-bond acceptors (Lipinski definition) is 37. The fourth-order valence-electron chi connectivity index (χ4n) is 19.3. The van der Waals surface area contributed by atoms with Gasteiger partial charge in [0.1, 0.15) is 134 Å². The molecule has 7 heterocycles. The van der Waals surface area contributed by atoms with Gasteiger partial charge in [0.15, 0.2) is 50.3 Å². The number of aliphatic hydroxyl groups excluding tert-OH is 21. The van der Waals surface area contributed by atoms with E-state index in [1.54, 1.807) is 20.8 Å². The average molecular weight is 1560 g/mol. The van der Waals surface area contributed by atoms with E-state index < -0.39 is 282 Å². The van der Waals surface area contributed by atoms with Crippen molar-refractivity contribution in [2.75, 3.05) is 46.2 Å². The molecule has 7 saturated heterocycles. The smallest absolute Gasteiger partial charge is 0.189 e. The summed E-state index contributed by atoms with van der Waals surface area (Å²) >= 11 is 0. The molecule has 0 amide bonds. The van der Waals surface area contributed by atoms with E-state index in [1.165, 1.54) is 0 Å². The first-order valence-electron chi connectivity index (χ1n) is 37.8. The Morgan fingerprint density at radius 2 is 1.03 bits per heavy atom. The molecule has 11 aliphatic rings. The summed E-state index contributed by atoms with van der Waals surface area (Å²) in [6, 6.07) is 0. The molecule has 10 fully saturated rings. The van der Waals surface area contributed by atoms with Crippen LogP contribution in [0.3, 0.4) is 0 Å². The van der Waals surface area contributed by atoms with Crippen molar-refractivity contribution >= 4 is 5.78 Å². The van der Waals surface area contributed by atoms with Crippen molar-refractivity contribution in [3.8, 4) is 0 Å². The molecule has 11 rings (SSSR count). The van der Waals surface area contributed by atoms with Gasteiger partial charge in [-0.15, -0.1) is 0 Å². The number of aliphatic hydroxyl groups is 22. The molecular weight excluding hydrogens is 1440 g/mol. The molecule has 4 aliphatic carbocycles. The Morgan fingerprint density at radius 3 is 1.61 bits per heavy atom. The van der Waals surface area contributed by atoms with Crippen molar-refractivity contribution in [3.05, 3.63) is 11.6 Å². The summed E-state index contributed by atoms with van der Waals surface area (Å²) in [4.78, 5) is 15.6. The van der Waals surface area contributed by atoms with Crippen molar-refractivity contribution in [1.82, 2.24) is 0 Å². The Bertz CT molecular complexity index is 2950. The number of carbonyl (C=O) groups is 1. The number of Topliss-reactive ketones (excluding diaryl/α,β-unsaturated/α-hetero) is 1. The third-order valence-corrected chi connectivity index (χ3v) is 26.2. The summed E-state index contributed by atoms with van der Waals surface area (Å²) in [6.45, 7) is 9.53. The van der Waals surface area contributed by atoms with Gasteiger partial charge in [-0.05, 0) is 93.3 Å². The zero-order chi connectivity index (χ0) is 78.9. The minimum atomic E-state index is -2.25. The van der Waals surface area contributed by atoms with Crippen LogP contribution in [0.1, 0.15) is 119 Å². The lowest BCUT2D eigenvalue weighted by atomic mass is 9.38. The van der Waals surface area contributed by atoms with Crippen LogP contribution in [-0.4, -0.2) is 379 Å². The van der Waals surface area contributed by atoms with Crippen LogP contribution in [0.25, 0.3) is 0 Å². The largest absolute Gasteiger partial charge is 0.394 e. The molecule has 108 heavy (non-hydrogen) atoms. The molecular formula is C71H118O37. The van der Waals surface area contributed by atoms with E-state index in [0.717, 1.165) is 18.4 Å². The van der Waals surface area contributed by atoms with Crippen LogP contribution in [0.15, 0.2) is 11.6 Å². The molecule has 7 aliphatic heterocycles. The van der Waals surface area contributed by atoms with Crippen LogP contribution < -0.4 is 0 Å². The number of carbonyl (C=O) groups excluding carboxylic acids is 1. The highest BCUT2D eigenvalue weighted by molar-refractivity contribution is 5.88. The van der Waals surface area contributed by atoms with Crippen molar-refractivity contribution in [1.29, 1.82) is 0 Å². The van der Waals surface area contributed by atoms with Gasteiger partial charge in [0.25, 0.3) is 0 Å². The van der Waals surface area contributed by atoms with Crippen molar-refractivity contribution < 1.29 is 183 Å². The van der Waals surface area contributed by atoms with Crippen molar-refractivity contribution in [3.63, 3.8) is 0 Å². The predicted molar refractivity (Wildman–Crippen MR) is 357 cm³/mol. The number of allylic oxidation sites excluding steroid dienone is 1. The Labute approximate surface area is 624 Å². The van der Waals surface area contributed by atoms with Gasteiger partial charge in [0.2, 0.25) is 0 Å². The molecule has 37 heteroatoms. The standard InChI is InChI=1S/C71H118O37/c1-27(8-13-42(67(2,3)94)105-44-17-28(75)16-29(99-44)23-95-43-18-33(76)45(79)37(100-43)24-96-62-55(89)50(84)46(80)34(20-72)101-62)30-14-15-69(5)39-11-9-31-32(71(39,7)41(78)19-70(30,69)6)10-12-40(77)68(31,4)26-98-66-60(53(87)49(83)38(104-66)25-97-63-56(90)51(85)47(81)35(21-73)102-63)107-65-58(92)54(88)59(61(93)108-65)106-64-57(91)52(86)48(82)36(22-74)103-64/h9,27-30,32-40,42-66,72-77,79-94H,8,10-26H2,1-7H3/t27-,28+,29+,30-,32-,33-,34-,35-,36-,37-,38-,39+,40+,42-,43-,44+,45+,46-,47-,48-,49-,50+,51+,52+,53+,54-,55-,56-,57?,58-,59+,60-,61+,62-,63-,64+,65-,66-,68+,69+,70-,71+/m1/s1. The first-order valence-corrected chi connectivity index (χ1v) is 37.8. The van der Waals surface area contributed by atoms with Crippen LogP contribution in [0.5, 0.6) is 0 Å². The lowest BCUT2D eigenvalue weighted by Crippen LogP contribution is -2.66. The first-order chi connectivity index (χ1) is 50.8. The summed E-state index contributed by atoms with van der Waals surface area (Å²) in [5, 5.41) is 238. The maximum absolute atomic E-state index is 15.6. The molecule has 624 valence electrons. The highest BCUT2D eigenvalue weighted by Crippen LogP contribution is 2.74. The summed E-state index contributed by atoms with van der Waals surface area (Å²) in [7, 11) is 0. The topological polar surface area (TPSA) is 591 Å². The molecule has 22 N–H and O–H groups in total. The van der Waals surface area contributed by atoms with Gasteiger partial charge >= 0.3 is 0 Å². The number of fused-ring (bicyclic) bond motifs is 5. The molecule has 1 unspecified atom stereocenters. The van der Waals surface area contributed by atoms with Crippen LogP contribution in [0.2, 0.25) is 0 Å². The molecule has 0 bridgehead atoms. The van der Waals surface area contributed by atoms with E-state index in [0.29, 0.717) is 25.7 Å². The zero-order valence-electron chi connectivity index (χ0n) is 61.7. The van der Waals surface area contributed by atoms with Crippen LogP contribution in [-0.2, 0) is 71.1 Å². The highest BCUT2D eigenvalue weighted by atomic mass is 16.8. The summed E-state index contributed by atoms with van der Waals surface area (Å²) < 4.78 is 82.5. The molecule has 0 radical (unpaired) electrons. The molecule has 37 nitrogen and oxygen atoms in total. The molecule has 0 aromatic heterocycles. The molecule has 0 aromatic carbocycles. The third-order valence-electron chi connectivity index (χ3n) is 26.2. The van der Waals surface area contributed by atoms with E-state index >= 15 is 4.79 Å². The predicted octanol–water partition coefficient (Wildman–Crippen LogP) is -7.53. The van der Waals surface area contributed by atoms with Crippen LogP contribution in [0.4, 0.5) is 0 Å². The molecule has 3 saturated carbocycles. The molecule has 0 spiro atoms. The second-order valence-electron chi connectivity index (χ2n) is 33.4. The van der Waals surface area contributed by atoms with Gasteiger partial charge in [-0.1, -0.05) is 46.3 Å². The normalized spacial score (nSPS) is 51.5. The van der Waals surface area contributed by atoms with Crippen LogP contribution in [0, 0.1) is 45.3 Å². The van der Waals surface area contributed by atoms with Gasteiger partial charge in [-0.3, -0.25) is 4.79 Å². The maximum Gasteiger partial charge on any atom is 0.189 e. The van der Waals surface area contributed by atoms with E-state index in [2.05, 4.69) is 26.8 Å². The maximum atomic E-state index is 15.6. The van der Waals surface area contributed by atoms with E-state index in [9.17, 15) is 112 Å². The number of ether oxygens (including phenoxy) is 14. The SMILES string of the molecule is C[C@H](CC[C@@H](O[C@H]1C[C@@H](O)C[C@@H](CO[C@H]2C[C@@H](O)[C@H](O)[C@@H](CO[C@@H]3O[C@H](CO)[C@@H](O)[C@H](O)[C@H]3O)O2)O1)C(C)(C)O)[C@H]1CC[C@@]2(C)[C@@H]3CC=C4[C@@H](CC[C@H](O)[C@@]4(C)CO[C@@H]4O[C@H](CO[C@@H]5O[C@H](CO)[C@@H](O)[C@H](O)[C@H]5O)[C@@H](O)[C@H](O)[C@H]4O[C@@H]4O[C@H](O)[C@@H](O[C@@H]5O[C@H](CO)[C@@H](O)[C@H](O)C5O)[C@H](O)[C@H]4O)[C@]3(C)C(=O)C[C@]12C. The average Bonchev–Trinajstić information content (AvgIpc) is 1.35. The lowest BCUT2D eigenvalue weighted by molar-refractivity contribution is -0.406. The molecule has 42 atom stereocenters. The summed E-state index contributed by atoms with van der Waals surface area (Å²) in [5.41, 5.74) is -3.86. The number of rotatable bonds is 26. The van der Waals surface area contributed by atoms with Crippen LogP contribution >= 0.6 is 0 Å². The minimum absolute atomic E-state index is 0.00425. The molecule has 0 aromatic rings. The highest BCUT2D eigenvalue weighted by Gasteiger charge is 2.71. The van der Waals surface area contributed by atoms with E-state index in [-0.39, 0.29) is 62.2 Å². The van der Waals surface area contributed by atoms with E-state index in [4.69, 9.17) is 66.3 Å². The quantitative estimate of drug-likeness (QED) is 0.0358.